The Morgan fingerprint density at radius 3 is 2.64 bits per heavy atom. The van der Waals surface area contributed by atoms with Gasteiger partial charge in [-0.3, -0.25) is 0 Å². The summed E-state index contributed by atoms with van der Waals surface area (Å²) in [6.45, 7) is 7.35. The van der Waals surface area contributed by atoms with Crippen LogP contribution < -0.4 is 10.2 Å². The lowest BCUT2D eigenvalue weighted by atomic mass is 10.1. The Morgan fingerprint density at radius 1 is 1.14 bits per heavy atom. The number of pyridine rings is 1. The Bertz CT molecular complexity index is 1430. The van der Waals surface area contributed by atoms with Gasteiger partial charge in [0.25, 0.3) is 0 Å². The van der Waals surface area contributed by atoms with Gasteiger partial charge in [-0.05, 0) is 50.6 Å². The summed E-state index contributed by atoms with van der Waals surface area (Å²) in [6.07, 6.45) is -0.326. The molecular weight excluding hydrogens is 500 g/mol. The van der Waals surface area contributed by atoms with Crippen LogP contribution in [-0.4, -0.2) is 61.4 Å². The number of sulfone groups is 1. The van der Waals surface area contributed by atoms with Crippen molar-refractivity contribution in [3.8, 4) is 0 Å². The standard InChI is InChI=1S/C26H29ClN4O4S/c1-26(2,3)35-25(32)31-15-19(16-31)28-22-13-24(29-21-9-8-18(27)12-20(21)22)30-10-11-36(33,34)23-7-5-4-6-17(23)14-30/h4-9,12-13,19H,10-11,14-16H2,1-3H3,(H,28,29). The van der Waals surface area contributed by atoms with E-state index >= 15 is 0 Å². The van der Waals surface area contributed by atoms with E-state index in [2.05, 4.69) is 5.32 Å². The topological polar surface area (TPSA) is 91.8 Å². The van der Waals surface area contributed by atoms with Crippen LogP contribution >= 0.6 is 11.6 Å². The average Bonchev–Trinajstić information content (AvgIpc) is 2.90. The Hall–Kier alpha value is -3.04. The highest BCUT2D eigenvalue weighted by molar-refractivity contribution is 7.91. The maximum Gasteiger partial charge on any atom is 0.410 e. The number of nitrogens with zero attached hydrogens (tertiary/aromatic N) is 3. The molecule has 0 bridgehead atoms. The molecule has 0 saturated carbocycles. The van der Waals surface area contributed by atoms with Crippen LogP contribution in [0.2, 0.25) is 5.02 Å². The van der Waals surface area contributed by atoms with E-state index in [-0.39, 0.29) is 17.9 Å². The molecule has 2 aliphatic heterocycles. The van der Waals surface area contributed by atoms with Crippen LogP contribution in [0.1, 0.15) is 26.3 Å². The lowest BCUT2D eigenvalue weighted by molar-refractivity contribution is 0.0105. The molecule has 5 rings (SSSR count). The van der Waals surface area contributed by atoms with Crippen LogP contribution in [0.25, 0.3) is 10.9 Å². The van der Waals surface area contributed by atoms with Crippen LogP contribution in [0.4, 0.5) is 16.3 Å². The first kappa shape index (κ1) is 24.6. The first-order chi connectivity index (χ1) is 17.0. The molecule has 8 nitrogen and oxygen atoms in total. The second-order valence-corrected chi connectivity index (χ2v) is 12.8. The fraction of sp³-hybridized carbons (Fsp3) is 0.385. The van der Waals surface area contributed by atoms with E-state index in [0.717, 1.165) is 22.2 Å². The van der Waals surface area contributed by atoms with Gasteiger partial charge in [0.1, 0.15) is 11.4 Å². The molecule has 0 unspecified atom stereocenters. The predicted octanol–water partition coefficient (Wildman–Crippen LogP) is 4.71. The van der Waals surface area contributed by atoms with Crippen molar-refractivity contribution in [3.05, 3.63) is 59.1 Å². The van der Waals surface area contributed by atoms with Crippen LogP contribution in [0.5, 0.6) is 0 Å². The number of benzene rings is 2. The highest BCUT2D eigenvalue weighted by Gasteiger charge is 2.34. The van der Waals surface area contributed by atoms with Crippen LogP contribution in [0.15, 0.2) is 53.4 Å². The first-order valence-electron chi connectivity index (χ1n) is 11.9. The van der Waals surface area contributed by atoms with Crippen LogP contribution in [0.3, 0.4) is 0 Å². The molecule has 0 spiro atoms. The first-order valence-corrected chi connectivity index (χ1v) is 13.9. The summed E-state index contributed by atoms with van der Waals surface area (Å²) in [5, 5.41) is 5.00. The monoisotopic (exact) mass is 528 g/mol. The fourth-order valence-electron chi connectivity index (χ4n) is 4.49. The molecule has 1 aromatic heterocycles. The quantitative estimate of drug-likeness (QED) is 0.526. The highest BCUT2D eigenvalue weighted by atomic mass is 35.5. The van der Waals surface area contributed by atoms with Gasteiger partial charge < -0.3 is 19.9 Å². The van der Waals surface area contributed by atoms with E-state index in [1.165, 1.54) is 0 Å². The number of hydrogen-bond donors (Lipinski definition) is 1. The molecule has 0 atom stereocenters. The van der Waals surface area contributed by atoms with E-state index < -0.39 is 15.4 Å². The lowest BCUT2D eigenvalue weighted by Gasteiger charge is -2.40. The normalized spacial score (nSPS) is 17.8. The minimum absolute atomic E-state index is 0.0145. The smallest absolute Gasteiger partial charge is 0.410 e. The minimum atomic E-state index is -3.37. The molecule has 1 amide bonds. The van der Waals surface area contributed by atoms with Gasteiger partial charge in [-0.2, -0.15) is 0 Å². The molecule has 0 radical (unpaired) electrons. The Balaban J connectivity index is 1.42. The summed E-state index contributed by atoms with van der Waals surface area (Å²) in [7, 11) is -3.37. The molecule has 1 N–H and O–H groups in total. The molecule has 2 aromatic carbocycles. The summed E-state index contributed by atoms with van der Waals surface area (Å²) >= 11 is 6.30. The zero-order valence-corrected chi connectivity index (χ0v) is 22.1. The number of halogens is 1. The average molecular weight is 529 g/mol. The van der Waals surface area contributed by atoms with Crippen molar-refractivity contribution < 1.29 is 17.9 Å². The zero-order chi connectivity index (χ0) is 25.7. The lowest BCUT2D eigenvalue weighted by Crippen LogP contribution is -2.57. The van der Waals surface area contributed by atoms with E-state index in [4.69, 9.17) is 21.3 Å². The summed E-state index contributed by atoms with van der Waals surface area (Å²) in [5.74, 6) is 0.697. The van der Waals surface area contributed by atoms with Crippen LogP contribution in [-0.2, 0) is 21.1 Å². The van der Waals surface area contributed by atoms with Crippen LogP contribution in [0, 0.1) is 0 Å². The second-order valence-electron chi connectivity index (χ2n) is 10.3. The Labute approximate surface area is 216 Å². The summed E-state index contributed by atoms with van der Waals surface area (Å²) < 4.78 is 31.1. The maximum absolute atomic E-state index is 12.8. The highest BCUT2D eigenvalue weighted by Crippen LogP contribution is 2.33. The molecule has 1 fully saturated rings. The number of fused-ring (bicyclic) bond motifs is 2. The van der Waals surface area contributed by atoms with Crippen molar-refractivity contribution in [3.63, 3.8) is 0 Å². The van der Waals surface area contributed by atoms with E-state index in [0.29, 0.717) is 41.9 Å². The van der Waals surface area contributed by atoms with Gasteiger partial charge in [0.15, 0.2) is 9.84 Å². The van der Waals surface area contributed by atoms with Crippen molar-refractivity contribution in [1.29, 1.82) is 0 Å². The number of nitrogens with one attached hydrogen (secondary N) is 1. The van der Waals surface area contributed by atoms with Gasteiger partial charge in [0, 0.05) is 48.3 Å². The number of carbonyl (C=O) groups excluding carboxylic acids is 1. The number of ether oxygens (including phenoxy) is 1. The van der Waals surface area contributed by atoms with Gasteiger partial charge >= 0.3 is 6.09 Å². The van der Waals surface area contributed by atoms with Crippen molar-refractivity contribution >= 4 is 49.9 Å². The molecule has 0 aliphatic carbocycles. The molecule has 10 heteroatoms. The molecule has 2 aliphatic rings. The molecule has 36 heavy (non-hydrogen) atoms. The third-order valence-electron chi connectivity index (χ3n) is 6.27. The number of amides is 1. The molecule has 3 aromatic rings. The van der Waals surface area contributed by atoms with Crippen molar-refractivity contribution in [1.82, 2.24) is 9.88 Å². The van der Waals surface area contributed by atoms with Gasteiger partial charge in [0.2, 0.25) is 0 Å². The number of aromatic nitrogens is 1. The van der Waals surface area contributed by atoms with E-state index in [1.54, 1.807) is 23.1 Å². The third kappa shape index (κ3) is 5.08. The van der Waals surface area contributed by atoms with Gasteiger partial charge in [0.05, 0.1) is 22.2 Å². The second kappa shape index (κ2) is 9.12. The maximum atomic E-state index is 12.8. The third-order valence-corrected chi connectivity index (χ3v) is 8.30. The minimum Gasteiger partial charge on any atom is -0.444 e. The van der Waals surface area contributed by atoms with Crippen molar-refractivity contribution in [2.75, 3.05) is 35.6 Å². The Kier molecular flexibility index (Phi) is 6.24. The number of rotatable bonds is 3. The number of carbonyl (C=O) groups is 1. The summed E-state index contributed by atoms with van der Waals surface area (Å²) in [5.41, 5.74) is 1.81. The molecule has 1 saturated heterocycles. The Morgan fingerprint density at radius 2 is 1.89 bits per heavy atom. The van der Waals surface area contributed by atoms with Crippen molar-refractivity contribution in [2.45, 2.75) is 43.9 Å². The number of likely N-dealkylation sites (tertiary alicyclic amines) is 1. The van der Waals surface area contributed by atoms with Gasteiger partial charge in [-0.1, -0.05) is 29.8 Å². The van der Waals surface area contributed by atoms with Gasteiger partial charge in [-0.25, -0.2) is 18.2 Å². The number of anilines is 2. The summed E-state index contributed by atoms with van der Waals surface area (Å²) in [6, 6.07) is 14.6. The van der Waals surface area contributed by atoms with E-state index in [1.807, 2.05) is 56.0 Å². The molecular formula is C26H29ClN4O4S. The molecule has 190 valence electrons. The predicted molar refractivity (Wildman–Crippen MR) is 142 cm³/mol. The fourth-order valence-corrected chi connectivity index (χ4v) is 6.16. The van der Waals surface area contributed by atoms with E-state index in [9.17, 15) is 13.2 Å². The largest absolute Gasteiger partial charge is 0.444 e. The number of hydrogen-bond acceptors (Lipinski definition) is 7. The summed E-state index contributed by atoms with van der Waals surface area (Å²) in [4.78, 5) is 21.2. The SMILES string of the molecule is CC(C)(C)OC(=O)N1CC(Nc2cc(N3CCS(=O)(=O)c4ccccc4C3)nc3ccc(Cl)cc23)C1. The molecule has 3 heterocycles. The van der Waals surface area contributed by atoms with Gasteiger partial charge in [-0.15, -0.1) is 0 Å². The van der Waals surface area contributed by atoms with Crippen molar-refractivity contribution in [2.24, 2.45) is 0 Å². The zero-order valence-electron chi connectivity index (χ0n) is 20.5.